The minimum atomic E-state index is -3.58. The number of benzene rings is 1. The molecule has 0 radical (unpaired) electrons. The standard InChI is InChI=1S/C21H26N6O2S/c1-15-24-22-14-26(15)19-4-2-3-17(13-19)25-30(28,29)20-9-7-18(8-10-20)27-21(11-12-23-27)16-5-6-16/h7-12,14,16-17,19,25H,2-6,13H2,1H3. The summed E-state index contributed by atoms with van der Waals surface area (Å²) in [6.07, 6.45) is 9.49. The predicted molar refractivity (Wildman–Crippen MR) is 112 cm³/mol. The second-order valence-corrected chi connectivity index (χ2v) is 10.1. The number of hydrogen-bond donors (Lipinski definition) is 1. The van der Waals surface area contributed by atoms with Crippen molar-refractivity contribution in [3.8, 4) is 5.69 Å². The van der Waals surface area contributed by atoms with Crippen LogP contribution in [0, 0.1) is 6.92 Å². The number of sulfonamides is 1. The molecule has 1 N–H and O–H groups in total. The molecule has 2 aromatic heterocycles. The molecule has 0 bridgehead atoms. The summed E-state index contributed by atoms with van der Waals surface area (Å²) in [4.78, 5) is 0.286. The van der Waals surface area contributed by atoms with Gasteiger partial charge < -0.3 is 4.57 Å². The molecule has 2 heterocycles. The van der Waals surface area contributed by atoms with Gasteiger partial charge in [-0.2, -0.15) is 5.10 Å². The molecule has 0 spiro atoms. The van der Waals surface area contributed by atoms with Crippen LogP contribution in [0.1, 0.15) is 62.0 Å². The number of rotatable bonds is 6. The van der Waals surface area contributed by atoms with Gasteiger partial charge in [-0.1, -0.05) is 0 Å². The molecule has 2 aliphatic carbocycles. The molecule has 5 rings (SSSR count). The molecule has 0 aliphatic heterocycles. The normalized spacial score (nSPS) is 22.3. The second kappa shape index (κ2) is 7.63. The van der Waals surface area contributed by atoms with E-state index in [9.17, 15) is 8.42 Å². The van der Waals surface area contributed by atoms with Crippen molar-refractivity contribution in [3.05, 3.63) is 54.4 Å². The van der Waals surface area contributed by atoms with Gasteiger partial charge in [0.2, 0.25) is 10.0 Å². The number of hydrogen-bond acceptors (Lipinski definition) is 5. The average molecular weight is 427 g/mol. The summed E-state index contributed by atoms with van der Waals surface area (Å²) in [5.41, 5.74) is 2.09. The van der Waals surface area contributed by atoms with Gasteiger partial charge in [-0.15, -0.1) is 10.2 Å². The summed E-state index contributed by atoms with van der Waals surface area (Å²) in [7, 11) is -3.58. The van der Waals surface area contributed by atoms with Crippen LogP contribution in [0.4, 0.5) is 0 Å². The lowest BCUT2D eigenvalue weighted by atomic mass is 9.91. The summed E-state index contributed by atoms with van der Waals surface area (Å²) in [5.74, 6) is 1.44. The first-order valence-electron chi connectivity index (χ1n) is 10.5. The van der Waals surface area contributed by atoms with Crippen molar-refractivity contribution in [1.82, 2.24) is 29.3 Å². The SMILES string of the molecule is Cc1nncn1C1CCCC(NS(=O)(=O)c2ccc(-n3nccc3C3CC3)cc2)C1. The first-order valence-corrected chi connectivity index (χ1v) is 12.0. The van der Waals surface area contributed by atoms with Gasteiger partial charge in [0.05, 0.1) is 10.6 Å². The summed E-state index contributed by atoms with van der Waals surface area (Å²) >= 11 is 0. The maximum atomic E-state index is 13.0. The highest BCUT2D eigenvalue weighted by atomic mass is 32.2. The van der Waals surface area contributed by atoms with Crippen LogP contribution in [0.15, 0.2) is 47.8 Å². The largest absolute Gasteiger partial charge is 0.315 e. The predicted octanol–water partition coefficient (Wildman–Crippen LogP) is 3.11. The summed E-state index contributed by atoms with van der Waals surface area (Å²) in [6, 6.07) is 9.17. The Balaban J connectivity index is 1.30. The summed E-state index contributed by atoms with van der Waals surface area (Å²) in [6.45, 7) is 1.93. The molecule has 8 nitrogen and oxygen atoms in total. The Labute approximate surface area is 176 Å². The summed E-state index contributed by atoms with van der Waals surface area (Å²) in [5, 5.41) is 12.4. The molecular formula is C21H26N6O2S. The molecule has 2 saturated carbocycles. The van der Waals surface area contributed by atoms with Crippen molar-refractivity contribution < 1.29 is 8.42 Å². The Bertz CT molecular complexity index is 1130. The van der Waals surface area contributed by atoms with E-state index in [-0.39, 0.29) is 17.0 Å². The highest BCUT2D eigenvalue weighted by molar-refractivity contribution is 7.89. The smallest absolute Gasteiger partial charge is 0.240 e. The lowest BCUT2D eigenvalue weighted by Gasteiger charge is -2.30. The maximum absolute atomic E-state index is 13.0. The van der Waals surface area contributed by atoms with Crippen molar-refractivity contribution in [3.63, 3.8) is 0 Å². The lowest BCUT2D eigenvalue weighted by molar-refractivity contribution is 0.302. The van der Waals surface area contributed by atoms with E-state index >= 15 is 0 Å². The highest BCUT2D eigenvalue weighted by Crippen LogP contribution is 2.40. The number of nitrogens with one attached hydrogen (secondary N) is 1. The van der Waals surface area contributed by atoms with E-state index < -0.39 is 10.0 Å². The zero-order valence-electron chi connectivity index (χ0n) is 17.0. The van der Waals surface area contributed by atoms with Crippen LogP contribution >= 0.6 is 0 Å². The molecule has 1 aromatic carbocycles. The number of aryl methyl sites for hydroxylation is 1. The minimum Gasteiger partial charge on any atom is -0.315 e. The third-order valence-electron chi connectivity index (χ3n) is 6.17. The van der Waals surface area contributed by atoms with Gasteiger partial charge in [0.25, 0.3) is 0 Å². The van der Waals surface area contributed by atoms with Crippen LogP contribution in [0.25, 0.3) is 5.69 Å². The number of nitrogens with zero attached hydrogens (tertiary/aromatic N) is 5. The summed E-state index contributed by atoms with van der Waals surface area (Å²) < 4.78 is 32.8. The van der Waals surface area contributed by atoms with E-state index in [0.29, 0.717) is 5.92 Å². The van der Waals surface area contributed by atoms with Gasteiger partial charge in [0, 0.05) is 29.9 Å². The Morgan fingerprint density at radius 3 is 2.57 bits per heavy atom. The Morgan fingerprint density at radius 1 is 1.07 bits per heavy atom. The zero-order valence-corrected chi connectivity index (χ0v) is 17.8. The van der Waals surface area contributed by atoms with E-state index in [2.05, 4.69) is 24.6 Å². The van der Waals surface area contributed by atoms with E-state index in [1.807, 2.05) is 29.8 Å². The van der Waals surface area contributed by atoms with Gasteiger partial charge >= 0.3 is 0 Å². The molecule has 158 valence electrons. The fraction of sp³-hybridized carbons (Fsp3) is 0.476. The molecule has 2 aliphatic rings. The van der Waals surface area contributed by atoms with E-state index in [4.69, 9.17) is 0 Å². The molecular weight excluding hydrogens is 400 g/mol. The Morgan fingerprint density at radius 2 is 1.87 bits per heavy atom. The molecule has 0 amide bonds. The highest BCUT2D eigenvalue weighted by Gasteiger charge is 2.29. The molecule has 9 heteroatoms. The fourth-order valence-corrected chi connectivity index (χ4v) is 5.74. The van der Waals surface area contributed by atoms with Crippen LogP contribution in [0.2, 0.25) is 0 Å². The lowest BCUT2D eigenvalue weighted by Crippen LogP contribution is -2.38. The van der Waals surface area contributed by atoms with Crippen LogP contribution in [-0.2, 0) is 10.0 Å². The fourth-order valence-electron chi connectivity index (χ4n) is 4.45. The first kappa shape index (κ1) is 19.4. The van der Waals surface area contributed by atoms with Gasteiger partial charge in [0.1, 0.15) is 12.2 Å². The Kier molecular flexibility index (Phi) is 4.94. The molecule has 2 atom stereocenters. The van der Waals surface area contributed by atoms with Crippen molar-refractivity contribution in [2.45, 2.75) is 68.3 Å². The number of aromatic nitrogens is 5. The third kappa shape index (κ3) is 3.79. The Hall–Kier alpha value is -2.52. The molecule has 3 aromatic rings. The van der Waals surface area contributed by atoms with Gasteiger partial charge in [0.15, 0.2) is 0 Å². The van der Waals surface area contributed by atoms with Gasteiger partial charge in [-0.05, 0) is 75.8 Å². The first-order chi connectivity index (χ1) is 14.5. The topological polar surface area (TPSA) is 94.7 Å². The monoisotopic (exact) mass is 426 g/mol. The molecule has 2 fully saturated rings. The quantitative estimate of drug-likeness (QED) is 0.653. The van der Waals surface area contributed by atoms with E-state index in [1.165, 1.54) is 18.5 Å². The van der Waals surface area contributed by atoms with Crippen LogP contribution in [-0.4, -0.2) is 39.0 Å². The minimum absolute atomic E-state index is 0.0946. The van der Waals surface area contributed by atoms with Gasteiger partial charge in [-0.3, -0.25) is 0 Å². The zero-order chi connectivity index (χ0) is 20.7. The van der Waals surface area contributed by atoms with E-state index in [0.717, 1.165) is 37.2 Å². The molecule has 0 saturated heterocycles. The van der Waals surface area contributed by atoms with Crippen LogP contribution in [0.5, 0.6) is 0 Å². The molecule has 2 unspecified atom stereocenters. The van der Waals surface area contributed by atoms with Crippen LogP contribution in [0.3, 0.4) is 0 Å². The molecule has 30 heavy (non-hydrogen) atoms. The van der Waals surface area contributed by atoms with Crippen LogP contribution < -0.4 is 4.72 Å². The van der Waals surface area contributed by atoms with Gasteiger partial charge in [-0.25, -0.2) is 17.8 Å². The van der Waals surface area contributed by atoms with Crippen molar-refractivity contribution in [2.24, 2.45) is 0 Å². The average Bonchev–Trinajstić information content (AvgIpc) is 3.30. The second-order valence-electron chi connectivity index (χ2n) is 8.36. The van der Waals surface area contributed by atoms with Crippen molar-refractivity contribution >= 4 is 10.0 Å². The third-order valence-corrected chi connectivity index (χ3v) is 7.71. The maximum Gasteiger partial charge on any atom is 0.240 e. The van der Waals surface area contributed by atoms with Crippen molar-refractivity contribution in [1.29, 1.82) is 0 Å². The van der Waals surface area contributed by atoms with E-state index in [1.54, 1.807) is 24.7 Å². The van der Waals surface area contributed by atoms with Crippen molar-refractivity contribution in [2.75, 3.05) is 0 Å².